The highest BCUT2D eigenvalue weighted by Crippen LogP contribution is 2.25. The summed E-state index contributed by atoms with van der Waals surface area (Å²) in [6.45, 7) is 2.28. The normalized spacial score (nSPS) is 10.5. The second kappa shape index (κ2) is 5.99. The van der Waals surface area contributed by atoms with Crippen LogP contribution in [0.15, 0.2) is 28.7 Å². The first-order valence-corrected chi connectivity index (χ1v) is 6.44. The Hall–Kier alpha value is -1.66. The molecule has 0 atom stereocenters. The van der Waals surface area contributed by atoms with E-state index in [9.17, 15) is 0 Å². The number of halogens is 1. The van der Waals surface area contributed by atoms with Gasteiger partial charge in [-0.25, -0.2) is 4.98 Å². The average molecular weight is 324 g/mol. The summed E-state index contributed by atoms with van der Waals surface area (Å²) in [5, 5.41) is 0. The van der Waals surface area contributed by atoms with Crippen LogP contribution in [0.1, 0.15) is 11.4 Å². The zero-order valence-corrected chi connectivity index (χ0v) is 12.3. The van der Waals surface area contributed by atoms with Gasteiger partial charge in [0, 0.05) is 17.6 Å². The summed E-state index contributed by atoms with van der Waals surface area (Å²) in [6, 6.07) is 7.27. The van der Waals surface area contributed by atoms with Crippen molar-refractivity contribution in [2.45, 2.75) is 13.5 Å². The lowest BCUT2D eigenvalue weighted by molar-refractivity contribution is 0.177. The van der Waals surface area contributed by atoms with Crippen LogP contribution in [0.5, 0.6) is 11.6 Å². The van der Waals surface area contributed by atoms with E-state index in [0.717, 1.165) is 10.0 Å². The van der Waals surface area contributed by atoms with E-state index in [-0.39, 0.29) is 0 Å². The monoisotopic (exact) mass is 323 g/mol. The van der Waals surface area contributed by atoms with Crippen molar-refractivity contribution in [2.75, 3.05) is 12.8 Å². The molecule has 2 rings (SSSR count). The Bertz CT molecular complexity index is 590. The molecule has 0 aliphatic carbocycles. The van der Waals surface area contributed by atoms with E-state index in [0.29, 0.717) is 29.9 Å². The topological polar surface area (TPSA) is 70.3 Å². The van der Waals surface area contributed by atoms with Crippen LogP contribution >= 0.6 is 15.9 Å². The molecule has 19 heavy (non-hydrogen) atoms. The number of aromatic nitrogens is 2. The first-order valence-electron chi connectivity index (χ1n) is 5.65. The fourth-order valence-electron chi connectivity index (χ4n) is 1.54. The Morgan fingerprint density at radius 1 is 1.26 bits per heavy atom. The maximum absolute atomic E-state index is 5.70. The Balaban J connectivity index is 2.24. The Morgan fingerprint density at radius 3 is 2.74 bits per heavy atom. The summed E-state index contributed by atoms with van der Waals surface area (Å²) in [6.07, 6.45) is 0. The van der Waals surface area contributed by atoms with E-state index in [1.165, 1.54) is 0 Å². The van der Waals surface area contributed by atoms with Gasteiger partial charge in [-0.05, 0) is 30.7 Å². The molecule has 0 saturated heterocycles. The van der Waals surface area contributed by atoms with Gasteiger partial charge in [-0.1, -0.05) is 15.9 Å². The van der Waals surface area contributed by atoms with Crippen LogP contribution in [0.2, 0.25) is 0 Å². The molecule has 1 aromatic carbocycles. The first kappa shape index (κ1) is 13.8. The van der Waals surface area contributed by atoms with Crippen molar-refractivity contribution in [2.24, 2.45) is 0 Å². The number of anilines is 1. The van der Waals surface area contributed by atoms with Crippen molar-refractivity contribution in [1.82, 2.24) is 9.97 Å². The number of nitrogen functional groups attached to an aromatic ring is 1. The molecular formula is C13H14BrN3O2. The van der Waals surface area contributed by atoms with Crippen molar-refractivity contribution < 1.29 is 9.47 Å². The van der Waals surface area contributed by atoms with Crippen LogP contribution in [-0.4, -0.2) is 17.1 Å². The molecule has 1 heterocycles. The Kier molecular flexibility index (Phi) is 4.34. The molecular weight excluding hydrogens is 310 g/mol. The summed E-state index contributed by atoms with van der Waals surface area (Å²) in [4.78, 5) is 8.27. The molecule has 0 saturated carbocycles. The highest BCUT2D eigenvalue weighted by Gasteiger charge is 2.06. The number of nitrogens with two attached hydrogens (primary N) is 1. The zero-order valence-electron chi connectivity index (χ0n) is 10.7. The van der Waals surface area contributed by atoms with Gasteiger partial charge in [-0.3, -0.25) is 0 Å². The summed E-state index contributed by atoms with van der Waals surface area (Å²) >= 11 is 3.44. The predicted octanol–water partition coefficient (Wildman–Crippen LogP) is 3.07. The van der Waals surface area contributed by atoms with Gasteiger partial charge >= 0.3 is 0 Å². The molecule has 0 bridgehead atoms. The molecule has 5 nitrogen and oxygen atoms in total. The minimum atomic E-state index is 0.292. The van der Waals surface area contributed by atoms with Crippen LogP contribution in [0.3, 0.4) is 0 Å². The van der Waals surface area contributed by atoms with Crippen molar-refractivity contribution in [3.05, 3.63) is 40.1 Å². The Labute approximate surface area is 119 Å². The summed E-state index contributed by atoms with van der Waals surface area (Å²) < 4.78 is 11.7. The standard InChI is InChI=1S/C13H14BrN3O2/c1-8-5-9(3-4-10(8)14)19-13-6-11(15)16-12(17-13)7-18-2/h3-6H,7H2,1-2H3,(H2,15,16,17). The molecule has 0 fully saturated rings. The number of nitrogens with zero attached hydrogens (tertiary/aromatic N) is 2. The van der Waals surface area contributed by atoms with Gasteiger partial charge in [0.2, 0.25) is 5.88 Å². The predicted molar refractivity (Wildman–Crippen MR) is 76.1 cm³/mol. The van der Waals surface area contributed by atoms with E-state index in [1.54, 1.807) is 13.2 Å². The van der Waals surface area contributed by atoms with E-state index >= 15 is 0 Å². The van der Waals surface area contributed by atoms with Crippen molar-refractivity contribution in [1.29, 1.82) is 0 Å². The number of ether oxygens (including phenoxy) is 2. The third-order valence-corrected chi connectivity index (χ3v) is 3.28. The van der Waals surface area contributed by atoms with Crippen molar-refractivity contribution >= 4 is 21.7 Å². The maximum atomic E-state index is 5.70. The van der Waals surface area contributed by atoms with Crippen LogP contribution in [0, 0.1) is 6.92 Å². The quantitative estimate of drug-likeness (QED) is 0.936. The second-order valence-corrected chi connectivity index (χ2v) is 4.85. The van der Waals surface area contributed by atoms with Gasteiger partial charge in [-0.15, -0.1) is 0 Å². The molecule has 2 aromatic rings. The van der Waals surface area contributed by atoms with Crippen LogP contribution in [-0.2, 0) is 11.3 Å². The van der Waals surface area contributed by atoms with Crippen LogP contribution < -0.4 is 10.5 Å². The lowest BCUT2D eigenvalue weighted by Gasteiger charge is -2.08. The number of aryl methyl sites for hydroxylation is 1. The Morgan fingerprint density at radius 2 is 2.05 bits per heavy atom. The van der Waals surface area contributed by atoms with E-state index in [1.807, 2.05) is 25.1 Å². The fraction of sp³-hybridized carbons (Fsp3) is 0.231. The smallest absolute Gasteiger partial charge is 0.224 e. The minimum Gasteiger partial charge on any atom is -0.439 e. The van der Waals surface area contributed by atoms with Gasteiger partial charge in [0.05, 0.1) is 0 Å². The number of methoxy groups -OCH3 is 1. The first-order chi connectivity index (χ1) is 9.08. The number of benzene rings is 1. The van der Waals surface area contributed by atoms with Crippen LogP contribution in [0.25, 0.3) is 0 Å². The summed E-state index contributed by atoms with van der Waals surface area (Å²) in [7, 11) is 1.57. The lowest BCUT2D eigenvalue weighted by Crippen LogP contribution is -2.02. The number of rotatable bonds is 4. The minimum absolute atomic E-state index is 0.292. The third-order valence-electron chi connectivity index (χ3n) is 2.39. The highest BCUT2D eigenvalue weighted by molar-refractivity contribution is 9.10. The summed E-state index contributed by atoms with van der Waals surface area (Å²) in [5.41, 5.74) is 6.78. The zero-order chi connectivity index (χ0) is 13.8. The van der Waals surface area contributed by atoms with E-state index in [4.69, 9.17) is 15.2 Å². The SMILES string of the molecule is COCc1nc(N)cc(Oc2ccc(Br)c(C)c2)n1. The van der Waals surface area contributed by atoms with Gasteiger partial charge in [0.15, 0.2) is 5.82 Å². The molecule has 0 aliphatic rings. The molecule has 0 radical (unpaired) electrons. The van der Waals surface area contributed by atoms with Gasteiger partial charge in [-0.2, -0.15) is 4.98 Å². The molecule has 2 N–H and O–H groups in total. The van der Waals surface area contributed by atoms with Crippen LogP contribution in [0.4, 0.5) is 5.82 Å². The fourth-order valence-corrected chi connectivity index (χ4v) is 1.79. The second-order valence-electron chi connectivity index (χ2n) is 3.99. The number of hydrogen-bond donors (Lipinski definition) is 1. The largest absolute Gasteiger partial charge is 0.439 e. The molecule has 1 aromatic heterocycles. The number of hydrogen-bond acceptors (Lipinski definition) is 5. The van der Waals surface area contributed by atoms with Crippen molar-refractivity contribution in [3.8, 4) is 11.6 Å². The average Bonchev–Trinajstić information content (AvgIpc) is 2.33. The van der Waals surface area contributed by atoms with Crippen molar-refractivity contribution in [3.63, 3.8) is 0 Å². The molecule has 100 valence electrons. The maximum Gasteiger partial charge on any atom is 0.224 e. The van der Waals surface area contributed by atoms with Gasteiger partial charge in [0.1, 0.15) is 18.2 Å². The van der Waals surface area contributed by atoms with E-state index in [2.05, 4.69) is 25.9 Å². The summed E-state index contributed by atoms with van der Waals surface area (Å²) in [5.74, 6) is 1.95. The highest BCUT2D eigenvalue weighted by atomic mass is 79.9. The van der Waals surface area contributed by atoms with E-state index < -0.39 is 0 Å². The molecule has 0 spiro atoms. The molecule has 0 unspecified atom stereocenters. The van der Waals surface area contributed by atoms with Gasteiger partial charge in [0.25, 0.3) is 0 Å². The molecule has 0 aliphatic heterocycles. The van der Waals surface area contributed by atoms with Gasteiger partial charge < -0.3 is 15.2 Å². The molecule has 6 heteroatoms. The third kappa shape index (κ3) is 3.65. The lowest BCUT2D eigenvalue weighted by atomic mass is 10.2. The molecule has 0 amide bonds.